The highest BCUT2D eigenvalue weighted by atomic mass is 32.2. The number of hydrogen-bond donors (Lipinski definition) is 1. The normalized spacial score (nSPS) is 15.9. The molecule has 172 valence electrons. The van der Waals surface area contributed by atoms with Crippen LogP contribution in [0.25, 0.3) is 0 Å². The summed E-state index contributed by atoms with van der Waals surface area (Å²) >= 11 is 1.65. The van der Waals surface area contributed by atoms with Gasteiger partial charge in [0.25, 0.3) is 0 Å². The first kappa shape index (κ1) is 24.4. The van der Waals surface area contributed by atoms with E-state index in [1.165, 1.54) is 37.7 Å². The van der Waals surface area contributed by atoms with Crippen LogP contribution in [0, 0.1) is 0 Å². The van der Waals surface area contributed by atoms with E-state index in [0.29, 0.717) is 12.2 Å². The molecule has 0 radical (unpaired) electrons. The first-order valence-corrected chi connectivity index (χ1v) is 13.1. The molecule has 2 aromatic carbocycles. The van der Waals surface area contributed by atoms with Gasteiger partial charge in [0, 0.05) is 17.8 Å². The first-order valence-electron chi connectivity index (χ1n) is 12.0. The number of carbonyl (C=O) groups is 2. The van der Waals surface area contributed by atoms with Crippen molar-refractivity contribution >= 4 is 35.0 Å². The van der Waals surface area contributed by atoms with Crippen LogP contribution in [0.1, 0.15) is 81.7 Å². The van der Waals surface area contributed by atoms with Crippen molar-refractivity contribution in [3.05, 3.63) is 59.7 Å². The number of aryl methyl sites for hydroxylation is 1. The van der Waals surface area contributed by atoms with Crippen molar-refractivity contribution < 1.29 is 9.59 Å². The minimum Gasteiger partial charge on any atom is -0.326 e. The van der Waals surface area contributed by atoms with Crippen molar-refractivity contribution in [1.82, 2.24) is 0 Å². The maximum atomic E-state index is 12.6. The predicted molar refractivity (Wildman–Crippen MR) is 136 cm³/mol. The van der Waals surface area contributed by atoms with E-state index < -0.39 is 0 Å². The third-order valence-corrected chi connectivity index (χ3v) is 7.19. The number of hydrogen-bond acceptors (Lipinski definition) is 3. The fourth-order valence-corrected chi connectivity index (χ4v) is 5.22. The van der Waals surface area contributed by atoms with Gasteiger partial charge in [-0.25, -0.2) is 0 Å². The highest BCUT2D eigenvalue weighted by Crippen LogP contribution is 2.42. The highest BCUT2D eigenvalue weighted by Gasteiger charge is 2.33. The minimum absolute atomic E-state index is 0.0348. The zero-order chi connectivity index (χ0) is 22.8. The predicted octanol–water partition coefficient (Wildman–Crippen LogP) is 7.11. The molecule has 4 nitrogen and oxygen atoms in total. The highest BCUT2D eigenvalue weighted by molar-refractivity contribution is 8.00. The number of thioether (sulfide) groups is 1. The fourth-order valence-electron chi connectivity index (χ4n) is 4.04. The summed E-state index contributed by atoms with van der Waals surface area (Å²) in [5.41, 5.74) is 4.09. The number of amides is 2. The molecule has 1 saturated heterocycles. The Morgan fingerprint density at radius 2 is 1.59 bits per heavy atom. The number of nitrogens with zero attached hydrogens (tertiary/aromatic N) is 1. The number of benzene rings is 2. The van der Waals surface area contributed by atoms with E-state index in [-0.39, 0.29) is 17.2 Å². The number of unbranched alkanes of at least 4 members (excludes halogenated alkanes) is 6. The van der Waals surface area contributed by atoms with E-state index in [1.54, 1.807) is 11.8 Å². The van der Waals surface area contributed by atoms with Crippen LogP contribution in [0.15, 0.2) is 48.5 Å². The third kappa shape index (κ3) is 6.86. The quantitative estimate of drug-likeness (QED) is 0.349. The molecule has 1 fully saturated rings. The zero-order valence-corrected chi connectivity index (χ0v) is 20.3. The van der Waals surface area contributed by atoms with Crippen molar-refractivity contribution in [3.8, 4) is 0 Å². The minimum atomic E-state index is -0.0348. The maximum absolute atomic E-state index is 12.6. The van der Waals surface area contributed by atoms with Crippen molar-refractivity contribution in [2.75, 3.05) is 16.0 Å². The van der Waals surface area contributed by atoms with Gasteiger partial charge in [0.15, 0.2) is 0 Å². The van der Waals surface area contributed by atoms with E-state index >= 15 is 0 Å². The molecule has 1 N–H and O–H groups in total. The molecule has 32 heavy (non-hydrogen) atoms. The van der Waals surface area contributed by atoms with Crippen molar-refractivity contribution in [2.24, 2.45) is 0 Å². The zero-order valence-electron chi connectivity index (χ0n) is 19.4. The lowest BCUT2D eigenvalue weighted by Gasteiger charge is -2.24. The van der Waals surface area contributed by atoms with E-state index in [9.17, 15) is 9.59 Å². The van der Waals surface area contributed by atoms with Gasteiger partial charge in [0.2, 0.25) is 11.8 Å². The topological polar surface area (TPSA) is 49.4 Å². The summed E-state index contributed by atoms with van der Waals surface area (Å²) in [7, 11) is 0. The summed E-state index contributed by atoms with van der Waals surface area (Å²) < 4.78 is 0. The second kappa shape index (κ2) is 12.7. The van der Waals surface area contributed by atoms with E-state index in [4.69, 9.17) is 0 Å². The second-order valence-corrected chi connectivity index (χ2v) is 9.56. The van der Waals surface area contributed by atoms with Crippen LogP contribution < -0.4 is 10.2 Å². The van der Waals surface area contributed by atoms with E-state index in [1.807, 2.05) is 41.3 Å². The monoisotopic (exact) mass is 452 g/mol. The third-order valence-electron chi connectivity index (χ3n) is 5.98. The fraction of sp³-hybridized carbons (Fsp3) is 0.481. The molecule has 0 aromatic heterocycles. The van der Waals surface area contributed by atoms with Crippen LogP contribution in [0.5, 0.6) is 0 Å². The van der Waals surface area contributed by atoms with Crippen molar-refractivity contribution in [2.45, 2.75) is 77.0 Å². The Bertz CT molecular complexity index is 864. The Morgan fingerprint density at radius 3 is 2.25 bits per heavy atom. The molecule has 1 aliphatic heterocycles. The summed E-state index contributed by atoms with van der Waals surface area (Å²) in [5, 5.41) is 2.97. The summed E-state index contributed by atoms with van der Waals surface area (Å²) in [4.78, 5) is 26.7. The second-order valence-electron chi connectivity index (χ2n) is 8.49. The Kier molecular flexibility index (Phi) is 9.66. The van der Waals surface area contributed by atoms with Crippen molar-refractivity contribution in [1.29, 1.82) is 0 Å². The van der Waals surface area contributed by atoms with Gasteiger partial charge in [-0.2, -0.15) is 0 Å². The Balaban J connectivity index is 1.51. The molecule has 1 heterocycles. The van der Waals surface area contributed by atoms with Gasteiger partial charge in [-0.1, -0.05) is 76.6 Å². The van der Waals surface area contributed by atoms with E-state index in [2.05, 4.69) is 31.3 Å². The molecule has 0 unspecified atom stereocenters. The molecular formula is C27H36N2O2S. The Hall–Kier alpha value is -2.27. The van der Waals surface area contributed by atoms with Gasteiger partial charge in [-0.05, 0) is 48.2 Å². The van der Waals surface area contributed by atoms with Crippen LogP contribution in [0.3, 0.4) is 0 Å². The summed E-state index contributed by atoms with van der Waals surface area (Å²) in [6.45, 7) is 4.35. The van der Waals surface area contributed by atoms with Crippen LogP contribution in [-0.4, -0.2) is 17.6 Å². The van der Waals surface area contributed by atoms with Gasteiger partial charge in [-0.3, -0.25) is 14.5 Å². The van der Waals surface area contributed by atoms with E-state index in [0.717, 1.165) is 36.2 Å². The van der Waals surface area contributed by atoms with Crippen LogP contribution in [0.4, 0.5) is 11.4 Å². The number of nitrogens with one attached hydrogen (secondary N) is 1. The molecule has 5 heteroatoms. The molecular weight excluding hydrogens is 416 g/mol. The average Bonchev–Trinajstić information content (AvgIpc) is 3.20. The average molecular weight is 453 g/mol. The Morgan fingerprint density at radius 1 is 0.938 bits per heavy atom. The lowest BCUT2D eigenvalue weighted by Crippen LogP contribution is -2.27. The summed E-state index contributed by atoms with van der Waals surface area (Å²) in [6, 6.07) is 16.2. The number of rotatable bonds is 12. The smallest absolute Gasteiger partial charge is 0.238 e. The lowest BCUT2D eigenvalue weighted by molar-refractivity contribution is -0.116. The number of carbonyl (C=O) groups excluding carboxylic acids is 2. The molecule has 2 amide bonds. The number of anilines is 2. The standard InChI is InChI=1S/C27H36N2O2S/c1-3-5-6-7-8-9-10-11-25(30)28-23-16-14-22(15-17-23)27-29(26(31)20-32-27)24-18-12-21(4-2)13-19-24/h12-19,27H,3-11,20H2,1-2H3,(H,28,30)/t27-/m1/s1. The SMILES string of the molecule is CCCCCCCCCC(=O)Nc1ccc([C@H]2SCC(=O)N2c2ccc(CC)cc2)cc1. The molecule has 3 rings (SSSR count). The van der Waals surface area contributed by atoms with Gasteiger partial charge in [0.1, 0.15) is 5.37 Å². The van der Waals surface area contributed by atoms with Gasteiger partial charge in [0.05, 0.1) is 5.75 Å². The summed E-state index contributed by atoms with van der Waals surface area (Å²) in [5.74, 6) is 0.697. The van der Waals surface area contributed by atoms with Crippen molar-refractivity contribution in [3.63, 3.8) is 0 Å². The summed E-state index contributed by atoms with van der Waals surface area (Å²) in [6.07, 6.45) is 10.0. The largest absolute Gasteiger partial charge is 0.326 e. The van der Waals surface area contributed by atoms with Gasteiger partial charge in [-0.15, -0.1) is 11.8 Å². The molecule has 1 atom stereocenters. The van der Waals surface area contributed by atoms with Gasteiger partial charge < -0.3 is 5.32 Å². The molecule has 0 aliphatic carbocycles. The molecule has 0 spiro atoms. The first-order chi connectivity index (χ1) is 15.6. The lowest BCUT2D eigenvalue weighted by atomic mass is 10.1. The van der Waals surface area contributed by atoms with Crippen LogP contribution >= 0.6 is 11.8 Å². The van der Waals surface area contributed by atoms with Crippen LogP contribution in [-0.2, 0) is 16.0 Å². The van der Waals surface area contributed by atoms with Crippen LogP contribution in [0.2, 0.25) is 0 Å². The molecule has 0 saturated carbocycles. The molecule has 0 bridgehead atoms. The maximum Gasteiger partial charge on any atom is 0.238 e. The Labute approximate surface area is 197 Å². The van der Waals surface area contributed by atoms with Gasteiger partial charge >= 0.3 is 0 Å². The molecule has 2 aromatic rings. The molecule has 1 aliphatic rings.